The Hall–Kier alpha value is -0.582. The third kappa shape index (κ3) is 17.5. The summed E-state index contributed by atoms with van der Waals surface area (Å²) in [5.41, 5.74) is 4.90. The molecular formula is C41H71N2O4Si2Y. The van der Waals surface area contributed by atoms with E-state index in [1.54, 1.807) is 7.11 Å². The van der Waals surface area contributed by atoms with E-state index < -0.39 is 0 Å². The second kappa shape index (κ2) is 21.3. The van der Waals surface area contributed by atoms with Gasteiger partial charge in [-0.15, -0.1) is 11.5 Å². The molecule has 0 spiro atoms. The molecule has 3 rings (SSSR count). The van der Waals surface area contributed by atoms with Crippen LogP contribution in [-0.2, 0) is 76.9 Å². The summed E-state index contributed by atoms with van der Waals surface area (Å²) in [6, 6.07) is 8.32. The molecule has 0 unspecified atom stereocenters. The van der Waals surface area contributed by atoms with Crippen molar-refractivity contribution in [3.63, 3.8) is 0 Å². The summed E-state index contributed by atoms with van der Waals surface area (Å²) >= 11 is 0. The summed E-state index contributed by atoms with van der Waals surface area (Å²) < 4.78 is 14.8. The Morgan fingerprint density at radius 3 is 1.24 bits per heavy atom. The Bertz CT molecular complexity index is 1190. The maximum absolute atomic E-state index is 13.7. The van der Waals surface area contributed by atoms with Crippen LogP contribution in [0.2, 0.25) is 26.2 Å². The first-order valence-electron chi connectivity index (χ1n) is 18.1. The van der Waals surface area contributed by atoms with E-state index in [4.69, 9.17) is 9.47 Å². The molecule has 0 atom stereocenters. The molecule has 0 N–H and O–H groups in total. The van der Waals surface area contributed by atoms with Crippen molar-refractivity contribution in [2.24, 2.45) is 0 Å². The molecule has 0 saturated carbocycles. The Balaban J connectivity index is 0.00000156. The van der Waals surface area contributed by atoms with Gasteiger partial charge in [-0.3, -0.25) is 4.90 Å². The van der Waals surface area contributed by atoms with Gasteiger partial charge >= 0.3 is 32.7 Å². The van der Waals surface area contributed by atoms with E-state index in [-0.39, 0.29) is 83.8 Å². The fraction of sp³-hybridized carbons (Fsp3) is 0.707. The van der Waals surface area contributed by atoms with Crippen LogP contribution in [-0.4, -0.2) is 56.3 Å². The van der Waals surface area contributed by atoms with Gasteiger partial charge in [0.1, 0.15) is 0 Å². The van der Waals surface area contributed by atoms with Crippen LogP contribution in [0.1, 0.15) is 129 Å². The van der Waals surface area contributed by atoms with Gasteiger partial charge in [0.25, 0.3) is 0 Å². The maximum Gasteiger partial charge on any atom is 3.00 e. The van der Waals surface area contributed by atoms with Crippen LogP contribution in [0.4, 0.5) is 0 Å². The third-order valence-electron chi connectivity index (χ3n) is 8.35. The third-order valence-corrected chi connectivity index (χ3v) is 11.9. The van der Waals surface area contributed by atoms with Crippen molar-refractivity contribution in [1.82, 2.24) is 4.90 Å². The largest absolute Gasteiger partial charge is 3.00 e. The predicted molar refractivity (Wildman–Crippen MR) is 211 cm³/mol. The van der Waals surface area contributed by atoms with E-state index in [0.717, 1.165) is 46.6 Å². The first-order chi connectivity index (χ1) is 22.3. The molecular weight excluding hydrogens is 730 g/mol. The molecule has 1 saturated heterocycles. The fourth-order valence-electron chi connectivity index (χ4n) is 5.47. The zero-order valence-electron chi connectivity index (χ0n) is 35.1. The number of hydrogen-bond acceptors (Lipinski definition) is 5. The molecule has 0 aromatic heterocycles. The minimum absolute atomic E-state index is 0. The number of ether oxygens (including phenoxy) is 2. The van der Waals surface area contributed by atoms with Crippen molar-refractivity contribution in [2.45, 2.75) is 157 Å². The zero-order chi connectivity index (χ0) is 38.0. The summed E-state index contributed by atoms with van der Waals surface area (Å²) in [6.07, 6.45) is 2.56. The predicted octanol–water partition coefficient (Wildman–Crippen LogP) is 9.33. The van der Waals surface area contributed by atoms with E-state index >= 15 is 0 Å². The molecule has 280 valence electrons. The van der Waals surface area contributed by atoms with Crippen LogP contribution >= 0.6 is 0 Å². The van der Waals surface area contributed by atoms with Gasteiger partial charge in [-0.05, 0) is 67.9 Å². The Kier molecular flexibility index (Phi) is 21.1. The van der Waals surface area contributed by atoms with Crippen LogP contribution in [0.25, 0.3) is 4.65 Å². The average Bonchev–Trinajstić information content (AvgIpc) is 3.51. The molecule has 2 aromatic rings. The molecule has 0 aliphatic carbocycles. The van der Waals surface area contributed by atoms with Crippen molar-refractivity contribution < 1.29 is 52.4 Å². The van der Waals surface area contributed by atoms with Crippen LogP contribution in [0.5, 0.6) is 11.5 Å². The molecule has 2 radical (unpaired) electrons. The first-order valence-corrected chi connectivity index (χ1v) is 23.0. The number of rotatable bonds is 9. The Morgan fingerprint density at radius 2 is 1.02 bits per heavy atom. The molecule has 2 aromatic carbocycles. The summed E-state index contributed by atoms with van der Waals surface area (Å²) in [6.45, 7) is 38.7. The van der Waals surface area contributed by atoms with E-state index in [0.29, 0.717) is 26.2 Å². The van der Waals surface area contributed by atoms with Gasteiger partial charge in [-0.2, -0.15) is 0 Å². The normalized spacial score (nSPS) is 13.9. The van der Waals surface area contributed by atoms with Crippen molar-refractivity contribution in [3.05, 3.63) is 62.3 Å². The number of benzene rings is 2. The second-order valence-electron chi connectivity index (χ2n) is 18.1. The van der Waals surface area contributed by atoms with Gasteiger partial charge in [-0.25, -0.2) is 0 Å². The molecule has 1 aliphatic heterocycles. The number of nitrogens with zero attached hydrogens (tertiary/aromatic N) is 2. The minimum atomic E-state index is -0.264. The standard InChI is InChI=1S/C33H53NO3.C4H12NSi2.C4H8O.Y/c1-30(2,3)24-16-22(28(35)26(18-24)32(7,8)9)20-34(14-15-37-13)21-23-17-25(31(4,5)6)19-27(29(23)36)33(10,11)12;1-6(2)5-7(3)4;1-2-4-5-3-1;/h16-19,35-36H,14-15,20-21H2,1-13H3;1-4H3;1-4H2;/q;-1;;+3/p-2. The van der Waals surface area contributed by atoms with E-state index in [1.165, 1.54) is 12.8 Å². The Morgan fingerprint density at radius 1 is 0.660 bits per heavy atom. The quantitative estimate of drug-likeness (QED) is 0.236. The van der Waals surface area contributed by atoms with Gasteiger partial charge in [0.15, 0.2) is 0 Å². The van der Waals surface area contributed by atoms with Crippen molar-refractivity contribution in [3.8, 4) is 11.5 Å². The summed E-state index contributed by atoms with van der Waals surface area (Å²) in [5, 5.41) is 27.3. The number of hydrogen-bond donors (Lipinski definition) is 0. The molecule has 1 aliphatic rings. The maximum atomic E-state index is 13.7. The monoisotopic (exact) mass is 800 g/mol. The van der Waals surface area contributed by atoms with E-state index in [9.17, 15) is 10.2 Å². The van der Waals surface area contributed by atoms with Crippen LogP contribution < -0.4 is 10.2 Å². The van der Waals surface area contributed by atoms with Crippen molar-refractivity contribution in [1.29, 1.82) is 0 Å². The van der Waals surface area contributed by atoms with Crippen molar-refractivity contribution in [2.75, 3.05) is 33.5 Å². The molecule has 6 nitrogen and oxygen atoms in total. The SMILES string of the molecule is C1CCOC1.COCCN(Cc1cc(C(C)(C)C)cc(C(C)(C)C)c1[O-])Cc1cc(C(C)(C)C)cc(C(C)(C)C)c1[O-].C[Si](C)[N-][Si](C)C.[Y+3]. The number of methoxy groups -OCH3 is 1. The van der Waals surface area contributed by atoms with Crippen LogP contribution in [0, 0.1) is 0 Å². The molecule has 0 bridgehead atoms. The molecule has 1 heterocycles. The minimum Gasteiger partial charge on any atom is -0.872 e. The van der Waals surface area contributed by atoms with Gasteiger partial charge in [0.05, 0.1) is 6.61 Å². The molecule has 1 fully saturated rings. The molecule has 0 amide bonds. The summed E-state index contributed by atoms with van der Waals surface area (Å²) in [4.78, 5) is 2.19. The topological polar surface area (TPSA) is 81.9 Å². The van der Waals surface area contributed by atoms with Gasteiger partial charge < -0.3 is 24.3 Å². The smallest absolute Gasteiger partial charge is 0.872 e. The van der Waals surface area contributed by atoms with E-state index in [2.05, 4.69) is 143 Å². The fourth-order valence-corrected chi connectivity index (χ4v) is 9.04. The zero-order valence-corrected chi connectivity index (χ0v) is 39.9. The van der Waals surface area contributed by atoms with Gasteiger partial charge in [0.2, 0.25) is 0 Å². The van der Waals surface area contributed by atoms with Crippen molar-refractivity contribution >= 4 is 17.9 Å². The van der Waals surface area contributed by atoms with Gasteiger partial charge in [0, 0.05) is 40.0 Å². The molecule has 50 heavy (non-hydrogen) atoms. The van der Waals surface area contributed by atoms with Crippen LogP contribution in [0.15, 0.2) is 24.3 Å². The van der Waals surface area contributed by atoms with E-state index in [1.807, 2.05) is 0 Å². The summed E-state index contributed by atoms with van der Waals surface area (Å²) in [7, 11) is 1.16. The Labute approximate surface area is 337 Å². The summed E-state index contributed by atoms with van der Waals surface area (Å²) in [5.74, 6) is 0.202. The van der Waals surface area contributed by atoms with Crippen LogP contribution in [0.3, 0.4) is 0 Å². The van der Waals surface area contributed by atoms with Gasteiger partial charge in [-0.1, -0.05) is 151 Å². The second-order valence-corrected chi connectivity index (χ2v) is 22.7. The first kappa shape index (κ1) is 49.4. The average molecular weight is 801 g/mol. The molecule has 9 heteroatoms.